The number of hydrogen-bond donors (Lipinski definition) is 1. The molecule has 3 heteroatoms. The fourth-order valence-corrected chi connectivity index (χ4v) is 2.19. The smallest absolute Gasteiger partial charge is 0.123 e. The minimum absolute atomic E-state index is 0.107. The Morgan fingerprint density at radius 3 is 2.47 bits per heavy atom. The Morgan fingerprint density at radius 1 is 1.12 bits per heavy atom. The number of benzene rings is 2. The predicted molar refractivity (Wildman–Crippen MR) is 71.2 cm³/mol. The normalized spacial score (nSPS) is 12.4. The van der Waals surface area contributed by atoms with E-state index in [9.17, 15) is 4.39 Å². The lowest BCUT2D eigenvalue weighted by Gasteiger charge is -2.12. The van der Waals surface area contributed by atoms with Crippen molar-refractivity contribution in [2.45, 2.75) is 12.5 Å². The van der Waals surface area contributed by atoms with Gasteiger partial charge >= 0.3 is 0 Å². The van der Waals surface area contributed by atoms with Crippen molar-refractivity contribution in [3.8, 4) is 0 Å². The number of rotatable bonds is 3. The van der Waals surface area contributed by atoms with Crippen LogP contribution in [0.3, 0.4) is 0 Å². The summed E-state index contributed by atoms with van der Waals surface area (Å²) in [6.07, 6.45) is 0.741. The quantitative estimate of drug-likeness (QED) is 0.914. The summed E-state index contributed by atoms with van der Waals surface area (Å²) in [5, 5.41) is 0. The molecule has 0 saturated heterocycles. The molecule has 2 N–H and O–H groups in total. The highest BCUT2D eigenvalue weighted by Gasteiger charge is 2.07. The van der Waals surface area contributed by atoms with Gasteiger partial charge in [0.2, 0.25) is 0 Å². The molecule has 0 heterocycles. The van der Waals surface area contributed by atoms with E-state index in [0.717, 1.165) is 22.0 Å². The van der Waals surface area contributed by atoms with E-state index in [1.165, 1.54) is 12.1 Å². The Morgan fingerprint density at radius 2 is 1.82 bits per heavy atom. The van der Waals surface area contributed by atoms with Crippen molar-refractivity contribution in [3.05, 3.63) is 69.9 Å². The summed E-state index contributed by atoms with van der Waals surface area (Å²) in [7, 11) is 0. The molecule has 1 nitrogen and oxygen atoms in total. The molecule has 0 bridgehead atoms. The second-order valence-electron chi connectivity index (χ2n) is 3.99. The number of hydrogen-bond acceptors (Lipinski definition) is 1. The van der Waals surface area contributed by atoms with Crippen molar-refractivity contribution in [2.75, 3.05) is 0 Å². The highest BCUT2D eigenvalue weighted by molar-refractivity contribution is 9.10. The van der Waals surface area contributed by atoms with Crippen LogP contribution in [0, 0.1) is 5.82 Å². The molecule has 0 radical (unpaired) electrons. The Bertz CT molecular complexity index is 496. The first-order valence-corrected chi connectivity index (χ1v) is 6.20. The van der Waals surface area contributed by atoms with Crippen LogP contribution in [0.25, 0.3) is 0 Å². The highest BCUT2D eigenvalue weighted by Crippen LogP contribution is 2.19. The highest BCUT2D eigenvalue weighted by atomic mass is 79.9. The minimum atomic E-state index is -0.233. The molecule has 0 aliphatic carbocycles. The fourth-order valence-electron chi connectivity index (χ4n) is 1.75. The van der Waals surface area contributed by atoms with Crippen molar-refractivity contribution in [1.82, 2.24) is 0 Å². The molecular weight excluding hydrogens is 281 g/mol. The summed E-state index contributed by atoms with van der Waals surface area (Å²) in [5.74, 6) is -0.233. The maximum absolute atomic E-state index is 12.8. The summed E-state index contributed by atoms with van der Waals surface area (Å²) in [6.45, 7) is 0. The van der Waals surface area contributed by atoms with Crippen LogP contribution in [0.2, 0.25) is 0 Å². The zero-order chi connectivity index (χ0) is 12.3. The van der Waals surface area contributed by atoms with E-state index in [2.05, 4.69) is 15.9 Å². The molecule has 1 atom stereocenters. The van der Waals surface area contributed by atoms with Gasteiger partial charge < -0.3 is 5.73 Å². The topological polar surface area (TPSA) is 26.0 Å². The van der Waals surface area contributed by atoms with Gasteiger partial charge in [-0.1, -0.05) is 40.2 Å². The van der Waals surface area contributed by atoms with Crippen LogP contribution in [-0.2, 0) is 6.42 Å². The van der Waals surface area contributed by atoms with Gasteiger partial charge in [-0.3, -0.25) is 0 Å². The van der Waals surface area contributed by atoms with Gasteiger partial charge in [-0.25, -0.2) is 4.39 Å². The lowest BCUT2D eigenvalue weighted by Crippen LogP contribution is -2.13. The largest absolute Gasteiger partial charge is 0.324 e. The average Bonchev–Trinajstić information content (AvgIpc) is 2.29. The van der Waals surface area contributed by atoms with Crippen molar-refractivity contribution < 1.29 is 4.39 Å². The van der Waals surface area contributed by atoms with Gasteiger partial charge in [0.05, 0.1) is 0 Å². The lowest BCUT2D eigenvalue weighted by molar-refractivity contribution is 0.624. The molecule has 88 valence electrons. The molecule has 0 spiro atoms. The zero-order valence-corrected chi connectivity index (χ0v) is 10.8. The van der Waals surface area contributed by atoms with Gasteiger partial charge in [0.25, 0.3) is 0 Å². The first kappa shape index (κ1) is 12.3. The summed E-state index contributed by atoms with van der Waals surface area (Å²) >= 11 is 3.43. The van der Waals surface area contributed by atoms with Crippen LogP contribution in [0.15, 0.2) is 53.0 Å². The molecule has 1 unspecified atom stereocenters. The Kier molecular flexibility index (Phi) is 3.92. The molecule has 2 aromatic carbocycles. The van der Waals surface area contributed by atoms with Gasteiger partial charge in [0, 0.05) is 10.5 Å². The van der Waals surface area contributed by atoms with Crippen LogP contribution in [-0.4, -0.2) is 0 Å². The summed E-state index contributed by atoms with van der Waals surface area (Å²) in [6, 6.07) is 14.3. The molecule has 0 aromatic heterocycles. The third kappa shape index (κ3) is 3.38. The molecular formula is C14H13BrFN. The molecule has 0 aliphatic heterocycles. The van der Waals surface area contributed by atoms with E-state index in [1.807, 2.05) is 24.3 Å². The first-order chi connectivity index (χ1) is 8.15. The SMILES string of the molecule is NC(Cc1cccc(Br)c1)c1ccc(F)cc1. The molecule has 17 heavy (non-hydrogen) atoms. The van der Waals surface area contributed by atoms with Crippen LogP contribution in [0.5, 0.6) is 0 Å². The van der Waals surface area contributed by atoms with Gasteiger partial charge in [0.1, 0.15) is 5.82 Å². The molecule has 2 rings (SSSR count). The van der Waals surface area contributed by atoms with Crippen molar-refractivity contribution in [2.24, 2.45) is 5.73 Å². The van der Waals surface area contributed by atoms with E-state index in [4.69, 9.17) is 5.73 Å². The standard InChI is InChI=1S/C14H13BrFN/c15-12-3-1-2-10(8-12)9-14(17)11-4-6-13(16)7-5-11/h1-8,14H,9,17H2. The Labute approximate surface area is 109 Å². The van der Waals surface area contributed by atoms with Crippen LogP contribution >= 0.6 is 15.9 Å². The molecule has 0 fully saturated rings. The Hall–Kier alpha value is -1.19. The van der Waals surface area contributed by atoms with Gasteiger partial charge in [-0.2, -0.15) is 0 Å². The average molecular weight is 294 g/mol. The van der Waals surface area contributed by atoms with Crippen molar-refractivity contribution in [1.29, 1.82) is 0 Å². The van der Waals surface area contributed by atoms with Crippen LogP contribution in [0.4, 0.5) is 4.39 Å². The second kappa shape index (κ2) is 5.43. The van der Waals surface area contributed by atoms with Crippen molar-refractivity contribution in [3.63, 3.8) is 0 Å². The Balaban J connectivity index is 2.11. The summed E-state index contributed by atoms with van der Waals surface area (Å²) in [4.78, 5) is 0. The van der Waals surface area contributed by atoms with E-state index in [0.29, 0.717) is 0 Å². The van der Waals surface area contributed by atoms with Crippen LogP contribution in [0.1, 0.15) is 17.2 Å². The zero-order valence-electron chi connectivity index (χ0n) is 9.24. The molecule has 2 aromatic rings. The predicted octanol–water partition coefficient (Wildman–Crippen LogP) is 3.83. The van der Waals surface area contributed by atoms with Gasteiger partial charge in [-0.15, -0.1) is 0 Å². The fraction of sp³-hybridized carbons (Fsp3) is 0.143. The number of nitrogens with two attached hydrogens (primary N) is 1. The van der Waals surface area contributed by atoms with E-state index in [-0.39, 0.29) is 11.9 Å². The maximum Gasteiger partial charge on any atom is 0.123 e. The monoisotopic (exact) mass is 293 g/mol. The number of halogens is 2. The van der Waals surface area contributed by atoms with E-state index >= 15 is 0 Å². The second-order valence-corrected chi connectivity index (χ2v) is 4.91. The third-order valence-electron chi connectivity index (χ3n) is 2.64. The van der Waals surface area contributed by atoms with Gasteiger partial charge in [0.15, 0.2) is 0 Å². The van der Waals surface area contributed by atoms with Gasteiger partial charge in [-0.05, 0) is 41.8 Å². The maximum atomic E-state index is 12.8. The first-order valence-electron chi connectivity index (χ1n) is 5.40. The minimum Gasteiger partial charge on any atom is -0.324 e. The summed E-state index contributed by atoms with van der Waals surface area (Å²) < 4.78 is 13.8. The van der Waals surface area contributed by atoms with Crippen LogP contribution < -0.4 is 5.73 Å². The van der Waals surface area contributed by atoms with E-state index in [1.54, 1.807) is 12.1 Å². The summed E-state index contributed by atoms with van der Waals surface area (Å²) in [5.41, 5.74) is 8.20. The van der Waals surface area contributed by atoms with Crippen molar-refractivity contribution >= 4 is 15.9 Å². The van der Waals surface area contributed by atoms with E-state index < -0.39 is 0 Å². The lowest BCUT2D eigenvalue weighted by atomic mass is 10.00. The molecule has 0 amide bonds. The molecule has 0 aliphatic rings. The third-order valence-corrected chi connectivity index (χ3v) is 3.14. The molecule has 0 saturated carbocycles.